The molecule has 28 heavy (non-hydrogen) atoms. The lowest BCUT2D eigenvalue weighted by Gasteiger charge is -2.23. The highest BCUT2D eigenvalue weighted by Crippen LogP contribution is 2.13. The van der Waals surface area contributed by atoms with E-state index in [1.165, 1.54) is 0 Å². The molecule has 2 aromatic carbocycles. The van der Waals surface area contributed by atoms with Crippen molar-refractivity contribution in [3.63, 3.8) is 0 Å². The molecule has 0 unspecified atom stereocenters. The summed E-state index contributed by atoms with van der Waals surface area (Å²) >= 11 is 0. The second kappa shape index (κ2) is 11.0. The number of amides is 1. The number of aliphatic imine (C=N–C) groups is 1. The number of likely N-dealkylation sites (N-methyl/N-ethyl adjacent to an activating group) is 1. The number of benzene rings is 2. The fraction of sp³-hybridized carbons (Fsp3) is 0.364. The molecule has 0 aliphatic carbocycles. The average molecular weight is 383 g/mol. The molecule has 150 valence electrons. The van der Waals surface area contributed by atoms with Crippen molar-refractivity contribution in [2.45, 2.75) is 20.0 Å². The monoisotopic (exact) mass is 382 g/mol. The molecule has 0 heterocycles. The average Bonchev–Trinajstić information content (AvgIpc) is 2.70. The summed E-state index contributed by atoms with van der Waals surface area (Å²) in [5.41, 5.74) is 2.26. The Morgan fingerprint density at radius 3 is 2.29 bits per heavy atom. The van der Waals surface area contributed by atoms with E-state index in [1.54, 1.807) is 19.0 Å². The zero-order valence-corrected chi connectivity index (χ0v) is 17.2. The van der Waals surface area contributed by atoms with Gasteiger partial charge in [0.05, 0.1) is 19.7 Å². The Bertz CT molecular complexity index is 758. The van der Waals surface area contributed by atoms with Crippen LogP contribution in [-0.2, 0) is 17.9 Å². The topological polar surface area (TPSA) is 57.2 Å². The van der Waals surface area contributed by atoms with E-state index in [2.05, 4.69) is 5.32 Å². The van der Waals surface area contributed by atoms with Crippen molar-refractivity contribution in [2.24, 2.45) is 4.99 Å². The van der Waals surface area contributed by atoms with Crippen molar-refractivity contribution in [1.82, 2.24) is 15.1 Å². The van der Waals surface area contributed by atoms with Crippen LogP contribution in [0.15, 0.2) is 59.6 Å². The molecule has 6 heteroatoms. The van der Waals surface area contributed by atoms with Crippen LogP contribution in [0.3, 0.4) is 0 Å². The maximum atomic E-state index is 12.0. The largest absolute Gasteiger partial charge is 0.494 e. The van der Waals surface area contributed by atoms with Crippen LogP contribution in [0.25, 0.3) is 0 Å². The van der Waals surface area contributed by atoms with Gasteiger partial charge in [-0.1, -0.05) is 42.5 Å². The number of hydrogen-bond acceptors (Lipinski definition) is 3. The second-order valence-corrected chi connectivity index (χ2v) is 6.70. The molecule has 0 spiro atoms. The number of hydrogen-bond donors (Lipinski definition) is 1. The summed E-state index contributed by atoms with van der Waals surface area (Å²) in [6, 6.07) is 18.1. The molecule has 6 nitrogen and oxygen atoms in total. The molecule has 1 N–H and O–H groups in total. The Morgan fingerprint density at radius 1 is 1.00 bits per heavy atom. The van der Waals surface area contributed by atoms with Crippen LogP contribution in [-0.4, -0.2) is 56.0 Å². The number of ether oxygens (including phenoxy) is 1. The van der Waals surface area contributed by atoms with Gasteiger partial charge in [-0.05, 0) is 30.2 Å². The first-order valence-electron chi connectivity index (χ1n) is 9.45. The normalized spacial score (nSPS) is 11.1. The molecule has 0 atom stereocenters. The van der Waals surface area contributed by atoms with Gasteiger partial charge in [-0.2, -0.15) is 0 Å². The van der Waals surface area contributed by atoms with Gasteiger partial charge in [-0.3, -0.25) is 4.79 Å². The van der Waals surface area contributed by atoms with Gasteiger partial charge in [0.1, 0.15) is 5.75 Å². The maximum Gasteiger partial charge on any atom is 0.241 e. The standard InChI is InChI=1S/C22H30N4O2/c1-5-28-20-13-11-19(12-14-20)17-26(4)22(24-16-21(27)25(2)3)23-15-18-9-7-6-8-10-18/h6-14H,5,15-17H2,1-4H3,(H,23,24). The second-order valence-electron chi connectivity index (χ2n) is 6.70. The maximum absolute atomic E-state index is 12.0. The minimum Gasteiger partial charge on any atom is -0.494 e. The number of guanidine groups is 1. The third kappa shape index (κ3) is 6.95. The van der Waals surface area contributed by atoms with Crippen LogP contribution in [0.1, 0.15) is 18.1 Å². The number of carbonyl (C=O) groups is 1. The first-order valence-corrected chi connectivity index (χ1v) is 9.45. The first kappa shape index (κ1) is 21.3. The van der Waals surface area contributed by atoms with Crippen LogP contribution in [0.2, 0.25) is 0 Å². The smallest absolute Gasteiger partial charge is 0.241 e. The fourth-order valence-corrected chi connectivity index (χ4v) is 2.58. The summed E-state index contributed by atoms with van der Waals surface area (Å²) in [5.74, 6) is 1.55. The Morgan fingerprint density at radius 2 is 1.68 bits per heavy atom. The summed E-state index contributed by atoms with van der Waals surface area (Å²) in [6.45, 7) is 4.04. The molecule has 0 saturated carbocycles. The molecule has 0 bridgehead atoms. The highest BCUT2D eigenvalue weighted by molar-refractivity contribution is 5.86. The number of nitrogens with one attached hydrogen (secondary N) is 1. The predicted molar refractivity (Wildman–Crippen MR) is 113 cm³/mol. The van der Waals surface area contributed by atoms with Gasteiger partial charge in [0, 0.05) is 27.7 Å². The van der Waals surface area contributed by atoms with E-state index >= 15 is 0 Å². The molecule has 0 aliphatic rings. The van der Waals surface area contributed by atoms with Crippen molar-refractivity contribution in [3.05, 3.63) is 65.7 Å². The third-order valence-corrected chi connectivity index (χ3v) is 4.17. The van der Waals surface area contributed by atoms with Crippen LogP contribution in [0.5, 0.6) is 5.75 Å². The number of carbonyl (C=O) groups excluding carboxylic acids is 1. The molecular weight excluding hydrogens is 352 g/mol. The summed E-state index contributed by atoms with van der Waals surface area (Å²) in [7, 11) is 5.45. The van der Waals surface area contributed by atoms with E-state index in [1.807, 2.05) is 73.5 Å². The molecule has 1 amide bonds. The minimum absolute atomic E-state index is 0.00174. The van der Waals surface area contributed by atoms with Crippen molar-refractivity contribution in [3.8, 4) is 5.75 Å². The van der Waals surface area contributed by atoms with Gasteiger partial charge >= 0.3 is 0 Å². The Hall–Kier alpha value is -3.02. The zero-order chi connectivity index (χ0) is 20.4. The van der Waals surface area contributed by atoms with E-state index in [0.29, 0.717) is 25.7 Å². The summed E-state index contributed by atoms with van der Waals surface area (Å²) in [4.78, 5) is 20.3. The molecule has 2 rings (SSSR count). The third-order valence-electron chi connectivity index (χ3n) is 4.17. The van der Waals surface area contributed by atoms with Gasteiger partial charge < -0.3 is 19.9 Å². The van der Waals surface area contributed by atoms with Crippen molar-refractivity contribution >= 4 is 11.9 Å². The van der Waals surface area contributed by atoms with E-state index in [4.69, 9.17) is 9.73 Å². The Balaban J connectivity index is 2.08. The van der Waals surface area contributed by atoms with Gasteiger partial charge in [-0.15, -0.1) is 0 Å². The van der Waals surface area contributed by atoms with Gasteiger partial charge in [0.25, 0.3) is 0 Å². The lowest BCUT2D eigenvalue weighted by Crippen LogP contribution is -2.43. The lowest BCUT2D eigenvalue weighted by molar-refractivity contribution is -0.127. The molecule has 0 aromatic heterocycles. The number of rotatable bonds is 8. The lowest BCUT2D eigenvalue weighted by atomic mass is 10.2. The molecule has 0 radical (unpaired) electrons. The molecule has 2 aromatic rings. The van der Waals surface area contributed by atoms with Crippen molar-refractivity contribution in [1.29, 1.82) is 0 Å². The van der Waals surface area contributed by atoms with Crippen LogP contribution in [0, 0.1) is 0 Å². The summed E-state index contributed by atoms with van der Waals surface area (Å²) < 4.78 is 5.50. The zero-order valence-electron chi connectivity index (χ0n) is 17.2. The van der Waals surface area contributed by atoms with E-state index in [9.17, 15) is 4.79 Å². The van der Waals surface area contributed by atoms with E-state index in [0.717, 1.165) is 16.9 Å². The summed E-state index contributed by atoms with van der Waals surface area (Å²) in [5, 5.41) is 3.18. The molecule has 0 saturated heterocycles. The Kier molecular flexibility index (Phi) is 8.34. The molecular formula is C22H30N4O2. The summed E-state index contributed by atoms with van der Waals surface area (Å²) in [6.07, 6.45) is 0. The predicted octanol–water partition coefficient (Wildman–Crippen LogP) is 2.75. The van der Waals surface area contributed by atoms with Gasteiger partial charge in [0.2, 0.25) is 5.91 Å². The van der Waals surface area contributed by atoms with Crippen molar-refractivity contribution < 1.29 is 9.53 Å². The van der Waals surface area contributed by atoms with E-state index in [-0.39, 0.29) is 12.5 Å². The van der Waals surface area contributed by atoms with Crippen molar-refractivity contribution in [2.75, 3.05) is 34.3 Å². The minimum atomic E-state index is 0.00174. The molecule has 0 aliphatic heterocycles. The first-order chi connectivity index (χ1) is 13.5. The van der Waals surface area contributed by atoms with Crippen LogP contribution < -0.4 is 10.1 Å². The highest BCUT2D eigenvalue weighted by Gasteiger charge is 2.11. The van der Waals surface area contributed by atoms with Crippen LogP contribution >= 0.6 is 0 Å². The highest BCUT2D eigenvalue weighted by atomic mass is 16.5. The van der Waals surface area contributed by atoms with E-state index < -0.39 is 0 Å². The number of nitrogens with zero attached hydrogens (tertiary/aromatic N) is 3. The Labute approximate surface area is 167 Å². The SMILES string of the molecule is CCOc1ccc(CN(C)C(=NCc2ccccc2)NCC(=O)N(C)C)cc1. The fourth-order valence-electron chi connectivity index (χ4n) is 2.58. The molecule has 0 fully saturated rings. The van der Waals surface area contributed by atoms with Gasteiger partial charge in [0.15, 0.2) is 5.96 Å². The van der Waals surface area contributed by atoms with Gasteiger partial charge in [-0.25, -0.2) is 4.99 Å². The quantitative estimate of drug-likeness (QED) is 0.563. The van der Waals surface area contributed by atoms with Crippen LogP contribution in [0.4, 0.5) is 0 Å².